The van der Waals surface area contributed by atoms with Crippen LogP contribution < -0.4 is 5.32 Å². The van der Waals surface area contributed by atoms with Crippen molar-refractivity contribution in [3.63, 3.8) is 0 Å². The second kappa shape index (κ2) is 7.65. The topological polar surface area (TPSA) is 32.3 Å². The van der Waals surface area contributed by atoms with Gasteiger partial charge >= 0.3 is 6.03 Å². The second-order valence-electron chi connectivity index (χ2n) is 2.96. The van der Waals surface area contributed by atoms with E-state index >= 15 is 0 Å². The van der Waals surface area contributed by atoms with E-state index in [4.69, 9.17) is 0 Å². The average Bonchev–Trinajstić information content (AvgIpc) is 2.14. The maximum absolute atomic E-state index is 11.4. The summed E-state index contributed by atoms with van der Waals surface area (Å²) in [6.07, 6.45) is 3.69. The summed E-state index contributed by atoms with van der Waals surface area (Å²) in [5, 5.41) is 2.77. The zero-order chi connectivity index (χ0) is 10.1. The molecular formula is C10H20N2O. The molecule has 0 rings (SSSR count). The summed E-state index contributed by atoms with van der Waals surface area (Å²) in [6.45, 7) is 9.90. The lowest BCUT2D eigenvalue weighted by atomic mass is 10.4. The third-order valence-corrected chi connectivity index (χ3v) is 1.67. The molecule has 13 heavy (non-hydrogen) atoms. The first-order valence-corrected chi connectivity index (χ1v) is 4.89. The van der Waals surface area contributed by atoms with Gasteiger partial charge in [0.25, 0.3) is 0 Å². The number of urea groups is 1. The Morgan fingerprint density at radius 2 is 1.92 bits per heavy atom. The standard InChI is InChI=1S/C10H20N2O/c1-4-7-11-10(13)12(8-5-2)9-6-3/h4H,1,5-9H2,2-3H3,(H,11,13). The van der Waals surface area contributed by atoms with Gasteiger partial charge in [0.1, 0.15) is 0 Å². The van der Waals surface area contributed by atoms with Crippen LogP contribution in [0.25, 0.3) is 0 Å². The fraction of sp³-hybridized carbons (Fsp3) is 0.700. The van der Waals surface area contributed by atoms with Crippen molar-refractivity contribution in [3.05, 3.63) is 12.7 Å². The van der Waals surface area contributed by atoms with Gasteiger partial charge in [0.15, 0.2) is 0 Å². The van der Waals surface area contributed by atoms with E-state index in [-0.39, 0.29) is 6.03 Å². The minimum atomic E-state index is 0.0172. The molecule has 0 saturated carbocycles. The maximum Gasteiger partial charge on any atom is 0.317 e. The summed E-state index contributed by atoms with van der Waals surface area (Å²) < 4.78 is 0. The molecule has 0 fully saturated rings. The van der Waals surface area contributed by atoms with Crippen LogP contribution in [0.2, 0.25) is 0 Å². The molecule has 0 aromatic rings. The lowest BCUT2D eigenvalue weighted by Gasteiger charge is -2.21. The molecule has 3 heteroatoms. The number of amides is 2. The van der Waals surface area contributed by atoms with Crippen LogP contribution in [-0.4, -0.2) is 30.6 Å². The number of carbonyl (C=O) groups is 1. The van der Waals surface area contributed by atoms with E-state index < -0.39 is 0 Å². The van der Waals surface area contributed by atoms with Crippen LogP contribution in [0.3, 0.4) is 0 Å². The smallest absolute Gasteiger partial charge is 0.317 e. The van der Waals surface area contributed by atoms with Crippen LogP contribution in [0.1, 0.15) is 26.7 Å². The van der Waals surface area contributed by atoms with E-state index in [0.29, 0.717) is 6.54 Å². The Hall–Kier alpha value is -0.990. The molecule has 0 unspecified atom stereocenters. The minimum absolute atomic E-state index is 0.0172. The Labute approximate surface area is 80.8 Å². The zero-order valence-electron chi connectivity index (χ0n) is 8.68. The molecule has 0 bridgehead atoms. The maximum atomic E-state index is 11.4. The number of hydrogen-bond acceptors (Lipinski definition) is 1. The third kappa shape index (κ3) is 5.28. The van der Waals surface area contributed by atoms with E-state index in [1.807, 2.05) is 4.90 Å². The number of nitrogens with one attached hydrogen (secondary N) is 1. The van der Waals surface area contributed by atoms with Gasteiger partial charge in [-0.2, -0.15) is 0 Å². The lowest BCUT2D eigenvalue weighted by Crippen LogP contribution is -2.40. The van der Waals surface area contributed by atoms with Gasteiger partial charge < -0.3 is 10.2 Å². The van der Waals surface area contributed by atoms with Crippen molar-refractivity contribution in [2.24, 2.45) is 0 Å². The van der Waals surface area contributed by atoms with Crippen molar-refractivity contribution in [1.82, 2.24) is 10.2 Å². The highest BCUT2D eigenvalue weighted by Gasteiger charge is 2.08. The molecule has 0 saturated heterocycles. The third-order valence-electron chi connectivity index (χ3n) is 1.67. The van der Waals surface area contributed by atoms with Gasteiger partial charge in [0, 0.05) is 19.6 Å². The molecule has 3 nitrogen and oxygen atoms in total. The minimum Gasteiger partial charge on any atom is -0.335 e. The molecule has 0 aliphatic heterocycles. The van der Waals surface area contributed by atoms with Gasteiger partial charge in [-0.25, -0.2) is 4.79 Å². The molecule has 1 N–H and O–H groups in total. The SMILES string of the molecule is C=CCNC(=O)N(CCC)CCC. The van der Waals surface area contributed by atoms with Crippen molar-refractivity contribution in [1.29, 1.82) is 0 Å². The number of carbonyl (C=O) groups excluding carboxylic acids is 1. The van der Waals surface area contributed by atoms with Gasteiger partial charge in [0.05, 0.1) is 0 Å². The predicted molar refractivity (Wildman–Crippen MR) is 55.8 cm³/mol. The van der Waals surface area contributed by atoms with Crippen molar-refractivity contribution in [3.8, 4) is 0 Å². The van der Waals surface area contributed by atoms with Crippen molar-refractivity contribution in [2.45, 2.75) is 26.7 Å². The average molecular weight is 184 g/mol. The highest BCUT2D eigenvalue weighted by molar-refractivity contribution is 5.74. The number of rotatable bonds is 6. The fourth-order valence-electron chi connectivity index (χ4n) is 1.13. The molecule has 0 aliphatic carbocycles. The molecule has 2 amide bonds. The quantitative estimate of drug-likeness (QED) is 0.629. The summed E-state index contributed by atoms with van der Waals surface area (Å²) >= 11 is 0. The van der Waals surface area contributed by atoms with Gasteiger partial charge in [0.2, 0.25) is 0 Å². The Bertz CT molecular complexity index is 151. The molecule has 0 heterocycles. The summed E-state index contributed by atoms with van der Waals surface area (Å²) in [6, 6.07) is 0.0172. The predicted octanol–water partition coefficient (Wildman–Crippen LogP) is 2.00. The van der Waals surface area contributed by atoms with Gasteiger partial charge in [-0.05, 0) is 12.8 Å². The molecule has 0 radical (unpaired) electrons. The summed E-state index contributed by atoms with van der Waals surface area (Å²) in [4.78, 5) is 13.3. The molecule has 0 spiro atoms. The zero-order valence-corrected chi connectivity index (χ0v) is 8.68. The fourth-order valence-corrected chi connectivity index (χ4v) is 1.13. The summed E-state index contributed by atoms with van der Waals surface area (Å²) in [5.41, 5.74) is 0. The van der Waals surface area contributed by atoms with E-state index in [9.17, 15) is 4.79 Å². The molecule has 0 aliphatic rings. The van der Waals surface area contributed by atoms with E-state index in [2.05, 4.69) is 25.7 Å². The van der Waals surface area contributed by atoms with E-state index in [0.717, 1.165) is 25.9 Å². The van der Waals surface area contributed by atoms with Crippen molar-refractivity contribution >= 4 is 6.03 Å². The van der Waals surface area contributed by atoms with Crippen molar-refractivity contribution in [2.75, 3.05) is 19.6 Å². The molecule has 0 atom stereocenters. The van der Waals surface area contributed by atoms with Gasteiger partial charge in [-0.15, -0.1) is 6.58 Å². The van der Waals surface area contributed by atoms with Gasteiger partial charge in [-0.3, -0.25) is 0 Å². The van der Waals surface area contributed by atoms with Crippen LogP contribution in [0.5, 0.6) is 0 Å². The largest absolute Gasteiger partial charge is 0.335 e. The lowest BCUT2D eigenvalue weighted by molar-refractivity contribution is 0.199. The Kier molecular flexibility index (Phi) is 7.07. The van der Waals surface area contributed by atoms with Crippen LogP contribution in [-0.2, 0) is 0 Å². The van der Waals surface area contributed by atoms with Crippen LogP contribution in [0.15, 0.2) is 12.7 Å². The Morgan fingerprint density at radius 1 is 1.38 bits per heavy atom. The van der Waals surface area contributed by atoms with Crippen LogP contribution in [0, 0.1) is 0 Å². The number of nitrogens with zero attached hydrogens (tertiary/aromatic N) is 1. The van der Waals surface area contributed by atoms with E-state index in [1.165, 1.54) is 0 Å². The van der Waals surface area contributed by atoms with Crippen molar-refractivity contribution < 1.29 is 4.79 Å². The molecule has 0 aromatic carbocycles. The Morgan fingerprint density at radius 3 is 2.31 bits per heavy atom. The van der Waals surface area contributed by atoms with Crippen LogP contribution in [0.4, 0.5) is 4.79 Å². The Balaban J connectivity index is 3.86. The first-order valence-electron chi connectivity index (χ1n) is 4.89. The highest BCUT2D eigenvalue weighted by atomic mass is 16.2. The molecule has 76 valence electrons. The highest BCUT2D eigenvalue weighted by Crippen LogP contribution is 1.94. The van der Waals surface area contributed by atoms with Gasteiger partial charge in [-0.1, -0.05) is 19.9 Å². The summed E-state index contributed by atoms with van der Waals surface area (Å²) in [5.74, 6) is 0. The molecule has 0 aromatic heterocycles. The first-order chi connectivity index (χ1) is 6.26. The monoisotopic (exact) mass is 184 g/mol. The summed E-state index contributed by atoms with van der Waals surface area (Å²) in [7, 11) is 0. The van der Waals surface area contributed by atoms with E-state index in [1.54, 1.807) is 6.08 Å². The number of hydrogen-bond donors (Lipinski definition) is 1. The molecular weight excluding hydrogens is 164 g/mol. The first kappa shape index (κ1) is 12.0. The normalized spacial score (nSPS) is 9.38. The second-order valence-corrected chi connectivity index (χ2v) is 2.96. The van der Waals surface area contributed by atoms with Crippen LogP contribution >= 0.6 is 0 Å².